The molecule has 1 aromatic heterocycles. The number of piperazine rings is 1. The SMILES string of the molecule is CCC(C)N1CCN(c2nc(C)c(C(C)=O)s2)CC1. The van der Waals surface area contributed by atoms with E-state index in [-0.39, 0.29) is 5.78 Å². The fourth-order valence-corrected chi connectivity index (χ4v) is 3.47. The molecule has 4 nitrogen and oxygen atoms in total. The highest BCUT2D eigenvalue weighted by Crippen LogP contribution is 2.27. The fourth-order valence-electron chi connectivity index (χ4n) is 2.46. The topological polar surface area (TPSA) is 36.4 Å². The van der Waals surface area contributed by atoms with Crippen molar-refractivity contribution in [1.82, 2.24) is 9.88 Å². The van der Waals surface area contributed by atoms with E-state index in [0.717, 1.165) is 41.9 Å². The first kappa shape index (κ1) is 14.5. The number of ketones is 1. The van der Waals surface area contributed by atoms with E-state index in [9.17, 15) is 4.79 Å². The van der Waals surface area contributed by atoms with Gasteiger partial charge < -0.3 is 4.90 Å². The molecule has 1 atom stereocenters. The molecule has 0 N–H and O–H groups in total. The maximum atomic E-state index is 11.5. The number of hydrogen-bond donors (Lipinski definition) is 0. The van der Waals surface area contributed by atoms with Gasteiger partial charge in [0.15, 0.2) is 10.9 Å². The molecule has 1 saturated heterocycles. The summed E-state index contributed by atoms with van der Waals surface area (Å²) in [5.41, 5.74) is 0.872. The third kappa shape index (κ3) is 3.15. The van der Waals surface area contributed by atoms with Gasteiger partial charge in [-0.15, -0.1) is 0 Å². The van der Waals surface area contributed by atoms with Crippen LogP contribution in [0.2, 0.25) is 0 Å². The van der Waals surface area contributed by atoms with Crippen molar-refractivity contribution in [2.24, 2.45) is 0 Å². The van der Waals surface area contributed by atoms with Gasteiger partial charge in [0.05, 0.1) is 10.6 Å². The van der Waals surface area contributed by atoms with E-state index >= 15 is 0 Å². The molecule has 0 amide bonds. The molecule has 1 aliphatic rings. The zero-order valence-corrected chi connectivity index (χ0v) is 13.1. The van der Waals surface area contributed by atoms with Gasteiger partial charge in [0.1, 0.15) is 0 Å². The van der Waals surface area contributed by atoms with Crippen molar-refractivity contribution in [3.63, 3.8) is 0 Å². The average molecular weight is 281 g/mol. The molecule has 2 heterocycles. The second-order valence-electron chi connectivity index (χ2n) is 5.25. The standard InChI is InChI=1S/C14H23N3OS/c1-5-10(2)16-6-8-17(9-7-16)14-15-11(3)13(19-14)12(4)18/h10H,5-9H2,1-4H3. The zero-order chi connectivity index (χ0) is 14.0. The van der Waals surface area contributed by atoms with Crippen LogP contribution in [0.15, 0.2) is 0 Å². The molecule has 1 aliphatic heterocycles. The van der Waals surface area contributed by atoms with Crippen molar-refractivity contribution in [3.8, 4) is 0 Å². The Morgan fingerprint density at radius 3 is 2.47 bits per heavy atom. The minimum atomic E-state index is 0.125. The lowest BCUT2D eigenvalue weighted by Gasteiger charge is -2.37. The van der Waals surface area contributed by atoms with Crippen LogP contribution in [-0.4, -0.2) is 47.9 Å². The number of hydrogen-bond acceptors (Lipinski definition) is 5. The molecule has 106 valence electrons. The number of anilines is 1. The first-order valence-electron chi connectivity index (χ1n) is 7.00. The molecule has 1 fully saturated rings. The van der Waals surface area contributed by atoms with Crippen molar-refractivity contribution < 1.29 is 4.79 Å². The monoisotopic (exact) mass is 281 g/mol. The summed E-state index contributed by atoms with van der Waals surface area (Å²) < 4.78 is 0. The molecule has 5 heteroatoms. The molecular weight excluding hydrogens is 258 g/mol. The average Bonchev–Trinajstić information content (AvgIpc) is 2.80. The molecule has 0 spiro atoms. The van der Waals surface area contributed by atoms with Gasteiger partial charge >= 0.3 is 0 Å². The van der Waals surface area contributed by atoms with Gasteiger partial charge in [0.2, 0.25) is 0 Å². The van der Waals surface area contributed by atoms with Crippen LogP contribution >= 0.6 is 11.3 Å². The molecule has 19 heavy (non-hydrogen) atoms. The van der Waals surface area contributed by atoms with Crippen LogP contribution in [0.4, 0.5) is 5.13 Å². The number of aryl methyl sites for hydroxylation is 1. The Morgan fingerprint density at radius 2 is 2.00 bits per heavy atom. The van der Waals surface area contributed by atoms with Gasteiger partial charge in [-0.25, -0.2) is 4.98 Å². The number of carbonyl (C=O) groups excluding carboxylic acids is 1. The summed E-state index contributed by atoms with van der Waals surface area (Å²) >= 11 is 1.54. The number of Topliss-reactive ketones (excluding diaryl/α,β-unsaturated/α-hetero) is 1. The summed E-state index contributed by atoms with van der Waals surface area (Å²) in [6, 6.07) is 0.660. The van der Waals surface area contributed by atoms with Crippen LogP contribution in [0.25, 0.3) is 0 Å². The van der Waals surface area contributed by atoms with Crippen LogP contribution in [0, 0.1) is 6.92 Å². The predicted molar refractivity (Wildman–Crippen MR) is 80.4 cm³/mol. The first-order chi connectivity index (χ1) is 9.02. The lowest BCUT2D eigenvalue weighted by Crippen LogP contribution is -2.49. The van der Waals surface area contributed by atoms with Crippen molar-refractivity contribution in [2.75, 3.05) is 31.1 Å². The molecule has 0 aromatic carbocycles. The highest BCUT2D eigenvalue weighted by molar-refractivity contribution is 7.17. The summed E-state index contributed by atoms with van der Waals surface area (Å²) in [5, 5.41) is 1.01. The van der Waals surface area contributed by atoms with Gasteiger partial charge in [0, 0.05) is 39.1 Å². The van der Waals surface area contributed by atoms with Crippen molar-refractivity contribution in [1.29, 1.82) is 0 Å². The molecule has 1 aromatic rings. The zero-order valence-electron chi connectivity index (χ0n) is 12.3. The quantitative estimate of drug-likeness (QED) is 0.795. The Balaban J connectivity index is 2.02. The Bertz CT molecular complexity index is 450. The van der Waals surface area contributed by atoms with E-state index in [0.29, 0.717) is 6.04 Å². The number of rotatable bonds is 4. The van der Waals surface area contributed by atoms with Gasteiger partial charge in [-0.2, -0.15) is 0 Å². The lowest BCUT2D eigenvalue weighted by molar-refractivity contribution is 0.102. The van der Waals surface area contributed by atoms with Crippen molar-refractivity contribution in [3.05, 3.63) is 10.6 Å². The summed E-state index contributed by atoms with van der Waals surface area (Å²) in [5.74, 6) is 0.125. The summed E-state index contributed by atoms with van der Waals surface area (Å²) in [6.45, 7) is 12.3. The van der Waals surface area contributed by atoms with E-state index in [1.807, 2.05) is 6.92 Å². The minimum Gasteiger partial charge on any atom is -0.346 e. The first-order valence-corrected chi connectivity index (χ1v) is 7.82. The van der Waals surface area contributed by atoms with Crippen molar-refractivity contribution >= 4 is 22.3 Å². The molecule has 1 unspecified atom stereocenters. The van der Waals surface area contributed by atoms with E-state index in [1.165, 1.54) is 17.8 Å². The number of nitrogens with zero attached hydrogens (tertiary/aromatic N) is 3. The van der Waals surface area contributed by atoms with Gasteiger partial charge in [-0.3, -0.25) is 9.69 Å². The Kier molecular flexibility index (Phi) is 4.58. The van der Waals surface area contributed by atoms with Crippen LogP contribution in [0.1, 0.15) is 42.6 Å². The third-order valence-corrected chi connectivity index (χ3v) is 5.22. The van der Waals surface area contributed by atoms with Crippen LogP contribution in [-0.2, 0) is 0 Å². The summed E-state index contributed by atoms with van der Waals surface area (Å²) in [7, 11) is 0. The Morgan fingerprint density at radius 1 is 1.37 bits per heavy atom. The summed E-state index contributed by atoms with van der Waals surface area (Å²) in [4.78, 5) is 21.7. The van der Waals surface area contributed by atoms with Crippen LogP contribution in [0.3, 0.4) is 0 Å². The molecular formula is C14H23N3OS. The smallest absolute Gasteiger partial charge is 0.186 e. The molecule has 0 aliphatic carbocycles. The lowest BCUT2D eigenvalue weighted by atomic mass is 10.2. The van der Waals surface area contributed by atoms with Crippen LogP contribution < -0.4 is 4.90 Å². The van der Waals surface area contributed by atoms with Gasteiger partial charge in [-0.1, -0.05) is 18.3 Å². The normalized spacial score (nSPS) is 18.6. The third-order valence-electron chi connectivity index (χ3n) is 3.90. The number of thiazole rings is 1. The van der Waals surface area contributed by atoms with E-state index < -0.39 is 0 Å². The van der Waals surface area contributed by atoms with E-state index in [2.05, 4.69) is 28.6 Å². The minimum absolute atomic E-state index is 0.125. The molecule has 2 rings (SSSR count). The van der Waals surface area contributed by atoms with E-state index in [1.54, 1.807) is 6.92 Å². The number of aromatic nitrogens is 1. The van der Waals surface area contributed by atoms with Crippen molar-refractivity contribution in [2.45, 2.75) is 40.2 Å². The predicted octanol–water partition coefficient (Wildman–Crippen LogP) is 2.57. The highest BCUT2D eigenvalue weighted by atomic mass is 32.1. The Hall–Kier alpha value is -0.940. The van der Waals surface area contributed by atoms with Gasteiger partial charge in [0.25, 0.3) is 0 Å². The molecule has 0 radical (unpaired) electrons. The second-order valence-corrected chi connectivity index (χ2v) is 6.22. The Labute approximate surface area is 119 Å². The molecule has 0 saturated carbocycles. The fraction of sp³-hybridized carbons (Fsp3) is 0.714. The largest absolute Gasteiger partial charge is 0.346 e. The number of carbonyl (C=O) groups is 1. The van der Waals surface area contributed by atoms with E-state index in [4.69, 9.17) is 0 Å². The highest BCUT2D eigenvalue weighted by Gasteiger charge is 2.23. The van der Waals surface area contributed by atoms with Gasteiger partial charge in [-0.05, 0) is 20.3 Å². The summed E-state index contributed by atoms with van der Waals surface area (Å²) in [6.07, 6.45) is 1.20. The second kappa shape index (κ2) is 6.01. The maximum Gasteiger partial charge on any atom is 0.186 e. The molecule has 0 bridgehead atoms. The maximum absolute atomic E-state index is 11.5. The van der Waals surface area contributed by atoms with Crippen LogP contribution in [0.5, 0.6) is 0 Å².